The number of aryl methyl sites for hydroxylation is 1. The Morgan fingerprint density at radius 3 is 2.50 bits per heavy atom. The summed E-state index contributed by atoms with van der Waals surface area (Å²) < 4.78 is 7.43. The summed E-state index contributed by atoms with van der Waals surface area (Å²) >= 11 is 0. The molecule has 0 radical (unpaired) electrons. The molecule has 4 aromatic rings. The molecule has 0 fully saturated rings. The van der Waals surface area contributed by atoms with Gasteiger partial charge in [-0.15, -0.1) is 0 Å². The van der Waals surface area contributed by atoms with E-state index < -0.39 is 0 Å². The highest BCUT2D eigenvalue weighted by molar-refractivity contribution is 6.03. The number of amides is 1. The number of hydrogen-bond acceptors (Lipinski definition) is 4. The van der Waals surface area contributed by atoms with Gasteiger partial charge in [0.15, 0.2) is 5.65 Å². The van der Waals surface area contributed by atoms with E-state index in [0.29, 0.717) is 22.8 Å². The van der Waals surface area contributed by atoms with Crippen molar-refractivity contribution in [1.82, 2.24) is 14.6 Å². The second kappa shape index (κ2) is 6.68. The van der Waals surface area contributed by atoms with Gasteiger partial charge in [-0.05, 0) is 49.4 Å². The fourth-order valence-electron chi connectivity index (χ4n) is 2.61. The summed E-state index contributed by atoms with van der Waals surface area (Å²) in [4.78, 5) is 16.8. The Morgan fingerprint density at radius 1 is 1.00 bits per heavy atom. The highest BCUT2D eigenvalue weighted by atomic mass is 16.5. The average Bonchev–Trinajstić information content (AvgIpc) is 3.13. The summed E-state index contributed by atoms with van der Waals surface area (Å²) in [5.41, 5.74) is 2.50. The summed E-state index contributed by atoms with van der Waals surface area (Å²) in [5, 5.41) is 7.00. The number of benzene rings is 2. The highest BCUT2D eigenvalue weighted by Gasteiger charge is 2.11. The molecule has 2 aromatic heterocycles. The third-order valence-electron chi connectivity index (χ3n) is 3.86. The average molecular weight is 344 g/mol. The minimum atomic E-state index is -0.270. The minimum absolute atomic E-state index is 0.270. The number of hydrogen-bond donors (Lipinski definition) is 1. The molecule has 2 heterocycles. The van der Waals surface area contributed by atoms with E-state index in [0.717, 1.165) is 11.4 Å². The van der Waals surface area contributed by atoms with Crippen molar-refractivity contribution in [3.63, 3.8) is 0 Å². The molecule has 26 heavy (non-hydrogen) atoms. The maximum Gasteiger partial charge on any atom is 0.274 e. The first-order valence-electron chi connectivity index (χ1n) is 8.15. The van der Waals surface area contributed by atoms with E-state index in [9.17, 15) is 4.79 Å². The zero-order chi connectivity index (χ0) is 17.9. The molecule has 0 bridgehead atoms. The minimum Gasteiger partial charge on any atom is -0.457 e. The van der Waals surface area contributed by atoms with Gasteiger partial charge in [0, 0.05) is 17.4 Å². The van der Waals surface area contributed by atoms with Gasteiger partial charge < -0.3 is 10.1 Å². The molecule has 2 aromatic carbocycles. The smallest absolute Gasteiger partial charge is 0.274 e. The Kier molecular flexibility index (Phi) is 4.07. The first kappa shape index (κ1) is 15.8. The van der Waals surface area contributed by atoms with Crippen LogP contribution in [0.2, 0.25) is 0 Å². The van der Waals surface area contributed by atoms with Crippen LogP contribution in [0.5, 0.6) is 11.5 Å². The van der Waals surface area contributed by atoms with Gasteiger partial charge in [-0.2, -0.15) is 5.10 Å². The van der Waals surface area contributed by atoms with E-state index in [1.54, 1.807) is 47.1 Å². The van der Waals surface area contributed by atoms with Crippen LogP contribution in [-0.2, 0) is 0 Å². The highest BCUT2D eigenvalue weighted by Crippen LogP contribution is 2.22. The summed E-state index contributed by atoms with van der Waals surface area (Å²) in [6.07, 6.45) is 1.66. The van der Waals surface area contributed by atoms with Gasteiger partial charge in [0.25, 0.3) is 5.91 Å². The molecule has 0 saturated heterocycles. The molecule has 6 heteroatoms. The number of para-hydroxylation sites is 1. The Bertz CT molecular complexity index is 1060. The number of fused-ring (bicyclic) bond motifs is 1. The van der Waals surface area contributed by atoms with Crippen LogP contribution < -0.4 is 10.1 Å². The molecule has 0 atom stereocenters. The largest absolute Gasteiger partial charge is 0.457 e. The second-order valence-electron chi connectivity index (χ2n) is 5.78. The van der Waals surface area contributed by atoms with Crippen LogP contribution in [0.4, 0.5) is 5.69 Å². The lowest BCUT2D eigenvalue weighted by Crippen LogP contribution is -2.15. The molecule has 6 nitrogen and oxygen atoms in total. The van der Waals surface area contributed by atoms with Crippen LogP contribution in [-0.4, -0.2) is 20.5 Å². The summed E-state index contributed by atoms with van der Waals surface area (Å²) in [5.74, 6) is 1.19. The van der Waals surface area contributed by atoms with Crippen molar-refractivity contribution in [3.8, 4) is 11.5 Å². The fraction of sp³-hybridized carbons (Fsp3) is 0.0500. The van der Waals surface area contributed by atoms with Crippen LogP contribution in [0.1, 0.15) is 16.2 Å². The Balaban J connectivity index is 1.48. The number of nitrogens with zero attached hydrogens (tertiary/aromatic N) is 3. The van der Waals surface area contributed by atoms with Crippen molar-refractivity contribution >= 4 is 17.2 Å². The van der Waals surface area contributed by atoms with E-state index in [4.69, 9.17) is 4.74 Å². The van der Waals surface area contributed by atoms with Gasteiger partial charge in [0.2, 0.25) is 0 Å². The maximum atomic E-state index is 12.5. The van der Waals surface area contributed by atoms with Crippen LogP contribution in [0.3, 0.4) is 0 Å². The van der Waals surface area contributed by atoms with E-state index >= 15 is 0 Å². The van der Waals surface area contributed by atoms with Crippen molar-refractivity contribution in [1.29, 1.82) is 0 Å². The molecule has 0 aliphatic carbocycles. The van der Waals surface area contributed by atoms with Gasteiger partial charge in [-0.3, -0.25) is 4.79 Å². The SMILES string of the molecule is Cc1cc(C(=O)Nc2ccc(Oc3ccccc3)cc2)nc2ccnn12. The van der Waals surface area contributed by atoms with Crippen LogP contribution in [0, 0.1) is 6.92 Å². The zero-order valence-corrected chi connectivity index (χ0v) is 14.1. The predicted octanol–water partition coefficient (Wildman–Crippen LogP) is 4.08. The summed E-state index contributed by atoms with van der Waals surface area (Å²) in [6, 6.07) is 20.2. The monoisotopic (exact) mass is 344 g/mol. The van der Waals surface area contributed by atoms with Gasteiger partial charge in [-0.25, -0.2) is 9.50 Å². The molecular formula is C20H16N4O2. The van der Waals surface area contributed by atoms with Crippen LogP contribution in [0.15, 0.2) is 72.9 Å². The number of carbonyl (C=O) groups excluding carboxylic acids is 1. The predicted molar refractivity (Wildman–Crippen MR) is 98.6 cm³/mol. The van der Waals surface area contributed by atoms with Gasteiger partial charge in [-0.1, -0.05) is 18.2 Å². The number of nitrogens with one attached hydrogen (secondary N) is 1. The Labute approximate surface area is 150 Å². The van der Waals surface area contributed by atoms with Crippen LogP contribution >= 0.6 is 0 Å². The van der Waals surface area contributed by atoms with E-state index in [1.165, 1.54) is 0 Å². The third-order valence-corrected chi connectivity index (χ3v) is 3.86. The van der Waals surface area contributed by atoms with E-state index in [-0.39, 0.29) is 5.91 Å². The Hall–Kier alpha value is -3.67. The molecule has 1 amide bonds. The van der Waals surface area contributed by atoms with Crippen molar-refractivity contribution < 1.29 is 9.53 Å². The van der Waals surface area contributed by atoms with Crippen molar-refractivity contribution in [2.24, 2.45) is 0 Å². The molecule has 4 rings (SSSR count). The van der Waals surface area contributed by atoms with Crippen molar-refractivity contribution in [3.05, 3.63) is 84.3 Å². The van der Waals surface area contributed by atoms with Crippen molar-refractivity contribution in [2.45, 2.75) is 6.92 Å². The lowest BCUT2D eigenvalue weighted by molar-refractivity contribution is 0.102. The maximum absolute atomic E-state index is 12.5. The number of aromatic nitrogens is 3. The van der Waals surface area contributed by atoms with E-state index in [1.807, 2.05) is 37.3 Å². The zero-order valence-electron chi connectivity index (χ0n) is 14.1. The molecule has 0 spiro atoms. The topological polar surface area (TPSA) is 68.5 Å². The molecule has 0 unspecified atom stereocenters. The molecule has 0 aliphatic rings. The fourth-order valence-corrected chi connectivity index (χ4v) is 2.61. The number of anilines is 1. The molecule has 1 N–H and O–H groups in total. The van der Waals surface area contributed by atoms with Gasteiger partial charge >= 0.3 is 0 Å². The summed E-state index contributed by atoms with van der Waals surface area (Å²) in [7, 11) is 0. The first-order valence-corrected chi connectivity index (χ1v) is 8.15. The molecular weight excluding hydrogens is 328 g/mol. The number of carbonyl (C=O) groups is 1. The number of rotatable bonds is 4. The molecule has 128 valence electrons. The normalized spacial score (nSPS) is 10.7. The molecule has 0 saturated carbocycles. The third kappa shape index (κ3) is 3.25. The lowest BCUT2D eigenvalue weighted by Gasteiger charge is -2.08. The van der Waals surface area contributed by atoms with E-state index in [2.05, 4.69) is 15.4 Å². The number of ether oxygens (including phenoxy) is 1. The molecule has 0 aliphatic heterocycles. The Morgan fingerprint density at radius 2 is 1.73 bits per heavy atom. The lowest BCUT2D eigenvalue weighted by atomic mass is 10.2. The summed E-state index contributed by atoms with van der Waals surface area (Å²) in [6.45, 7) is 1.88. The van der Waals surface area contributed by atoms with Gasteiger partial charge in [0.1, 0.15) is 17.2 Å². The van der Waals surface area contributed by atoms with Gasteiger partial charge in [0.05, 0.1) is 6.20 Å². The standard InChI is InChI=1S/C20H16N4O2/c1-14-13-18(23-19-11-12-21-24(14)19)20(25)22-15-7-9-17(10-8-15)26-16-5-3-2-4-6-16/h2-13H,1H3,(H,22,25). The second-order valence-corrected chi connectivity index (χ2v) is 5.78. The first-order chi connectivity index (χ1) is 12.7. The van der Waals surface area contributed by atoms with Crippen molar-refractivity contribution in [2.75, 3.05) is 5.32 Å². The quantitative estimate of drug-likeness (QED) is 0.606. The van der Waals surface area contributed by atoms with Crippen LogP contribution in [0.25, 0.3) is 5.65 Å².